The molecule has 0 atom stereocenters. The van der Waals surface area contributed by atoms with Crippen LogP contribution in [0.2, 0.25) is 0 Å². The quantitative estimate of drug-likeness (QED) is 0.664. The predicted octanol–water partition coefficient (Wildman–Crippen LogP) is 4.35. The van der Waals surface area contributed by atoms with Crippen LogP contribution in [-0.4, -0.2) is 11.5 Å². The zero-order valence-corrected chi connectivity index (χ0v) is 12.0. The fourth-order valence-corrected chi connectivity index (χ4v) is 2.98. The lowest BCUT2D eigenvalue weighted by molar-refractivity contribution is -0.384. The molecule has 98 valence electrons. The standard InChI is InChI=1S/C13H17BrN2O2/c1-13(6-2-3-7-13)9-15-12-5-4-10(16(17)18)8-11(12)14/h4-5,8,15H,2-3,6-7,9H2,1H3. The molecule has 18 heavy (non-hydrogen) atoms. The highest BCUT2D eigenvalue weighted by Gasteiger charge is 2.28. The first-order valence-electron chi connectivity index (χ1n) is 6.18. The Bertz CT molecular complexity index is 456. The van der Waals surface area contributed by atoms with E-state index >= 15 is 0 Å². The highest BCUT2D eigenvalue weighted by molar-refractivity contribution is 9.10. The number of nitrogens with zero attached hydrogens (tertiary/aromatic N) is 1. The molecule has 1 aromatic rings. The van der Waals surface area contributed by atoms with E-state index in [1.54, 1.807) is 12.1 Å². The lowest BCUT2D eigenvalue weighted by Crippen LogP contribution is -2.23. The molecule has 0 saturated heterocycles. The average Bonchev–Trinajstić information content (AvgIpc) is 2.75. The Labute approximate surface area is 115 Å². The Balaban J connectivity index is 2.03. The van der Waals surface area contributed by atoms with E-state index in [0.717, 1.165) is 16.7 Å². The van der Waals surface area contributed by atoms with Gasteiger partial charge in [0.25, 0.3) is 5.69 Å². The van der Waals surface area contributed by atoms with Crippen molar-refractivity contribution in [2.45, 2.75) is 32.6 Å². The van der Waals surface area contributed by atoms with Gasteiger partial charge in [0.1, 0.15) is 0 Å². The lowest BCUT2D eigenvalue weighted by Gasteiger charge is -2.24. The van der Waals surface area contributed by atoms with Gasteiger partial charge in [-0.05, 0) is 40.3 Å². The van der Waals surface area contributed by atoms with Crippen LogP contribution in [0.3, 0.4) is 0 Å². The number of nitrogens with one attached hydrogen (secondary N) is 1. The molecule has 4 nitrogen and oxygen atoms in total. The molecule has 1 aliphatic carbocycles. The molecule has 0 spiro atoms. The van der Waals surface area contributed by atoms with Gasteiger partial charge in [-0.3, -0.25) is 10.1 Å². The maximum absolute atomic E-state index is 10.6. The second kappa shape index (κ2) is 5.26. The normalized spacial score (nSPS) is 17.7. The number of benzene rings is 1. The fraction of sp³-hybridized carbons (Fsp3) is 0.538. The van der Waals surface area contributed by atoms with Gasteiger partial charge in [0.15, 0.2) is 0 Å². The molecule has 1 aliphatic rings. The number of halogens is 1. The summed E-state index contributed by atoms with van der Waals surface area (Å²) in [6.45, 7) is 3.22. The highest BCUT2D eigenvalue weighted by Crippen LogP contribution is 2.38. The summed E-state index contributed by atoms with van der Waals surface area (Å²) >= 11 is 3.38. The van der Waals surface area contributed by atoms with Crippen molar-refractivity contribution in [1.82, 2.24) is 0 Å². The number of hydrogen-bond donors (Lipinski definition) is 1. The Kier molecular flexibility index (Phi) is 3.90. The van der Waals surface area contributed by atoms with Gasteiger partial charge < -0.3 is 5.32 Å². The molecule has 5 heteroatoms. The van der Waals surface area contributed by atoms with E-state index in [-0.39, 0.29) is 10.6 Å². The van der Waals surface area contributed by atoms with Crippen molar-refractivity contribution in [3.8, 4) is 0 Å². The Morgan fingerprint density at radius 2 is 2.11 bits per heavy atom. The summed E-state index contributed by atoms with van der Waals surface area (Å²) in [5.41, 5.74) is 1.40. The van der Waals surface area contributed by atoms with Crippen molar-refractivity contribution in [3.05, 3.63) is 32.8 Å². The van der Waals surface area contributed by atoms with Crippen molar-refractivity contribution in [2.75, 3.05) is 11.9 Å². The van der Waals surface area contributed by atoms with Crippen LogP contribution in [0.1, 0.15) is 32.6 Å². The average molecular weight is 313 g/mol. The van der Waals surface area contributed by atoms with Crippen LogP contribution >= 0.6 is 15.9 Å². The van der Waals surface area contributed by atoms with Gasteiger partial charge in [0.05, 0.1) is 4.92 Å². The molecule has 1 saturated carbocycles. The Morgan fingerprint density at radius 1 is 1.44 bits per heavy atom. The van der Waals surface area contributed by atoms with E-state index in [1.807, 2.05) is 0 Å². The van der Waals surface area contributed by atoms with Crippen molar-refractivity contribution in [3.63, 3.8) is 0 Å². The summed E-state index contributed by atoms with van der Waals surface area (Å²) in [5.74, 6) is 0. The molecular weight excluding hydrogens is 296 g/mol. The van der Waals surface area contributed by atoms with Gasteiger partial charge in [-0.25, -0.2) is 0 Å². The number of nitro benzene ring substituents is 1. The molecular formula is C13H17BrN2O2. The summed E-state index contributed by atoms with van der Waals surface area (Å²) in [6, 6.07) is 4.84. The first-order valence-corrected chi connectivity index (χ1v) is 6.97. The molecule has 0 bridgehead atoms. The van der Waals surface area contributed by atoms with Crippen LogP contribution in [0.5, 0.6) is 0 Å². The van der Waals surface area contributed by atoms with Crippen molar-refractivity contribution < 1.29 is 4.92 Å². The second-order valence-corrected chi connectivity index (χ2v) is 6.15. The van der Waals surface area contributed by atoms with E-state index in [4.69, 9.17) is 0 Å². The van der Waals surface area contributed by atoms with Crippen LogP contribution in [0.15, 0.2) is 22.7 Å². The molecule has 0 aliphatic heterocycles. The van der Waals surface area contributed by atoms with Gasteiger partial charge in [-0.15, -0.1) is 0 Å². The maximum Gasteiger partial charge on any atom is 0.270 e. The molecule has 1 aromatic carbocycles. The van der Waals surface area contributed by atoms with Crippen LogP contribution in [0, 0.1) is 15.5 Å². The Morgan fingerprint density at radius 3 is 2.67 bits per heavy atom. The maximum atomic E-state index is 10.6. The minimum Gasteiger partial charge on any atom is -0.384 e. The predicted molar refractivity (Wildman–Crippen MR) is 75.9 cm³/mol. The fourth-order valence-electron chi connectivity index (χ4n) is 2.47. The first kappa shape index (κ1) is 13.3. The molecule has 0 amide bonds. The van der Waals surface area contributed by atoms with Gasteiger partial charge in [-0.1, -0.05) is 19.8 Å². The molecule has 0 aromatic heterocycles. The number of hydrogen-bond acceptors (Lipinski definition) is 3. The minimum atomic E-state index is -0.382. The SMILES string of the molecule is CC1(CNc2ccc([N+](=O)[O-])cc2Br)CCCC1. The van der Waals surface area contributed by atoms with E-state index in [0.29, 0.717) is 5.41 Å². The number of rotatable bonds is 4. The van der Waals surface area contributed by atoms with Crippen LogP contribution in [0.4, 0.5) is 11.4 Å². The Hall–Kier alpha value is -1.10. The third-order valence-corrected chi connectivity index (χ3v) is 4.34. The summed E-state index contributed by atoms with van der Waals surface area (Å²) in [6.07, 6.45) is 5.12. The molecule has 0 heterocycles. The second-order valence-electron chi connectivity index (χ2n) is 5.29. The minimum absolute atomic E-state index is 0.111. The zero-order chi connectivity index (χ0) is 13.2. The van der Waals surface area contributed by atoms with E-state index in [2.05, 4.69) is 28.2 Å². The van der Waals surface area contributed by atoms with Crippen LogP contribution in [-0.2, 0) is 0 Å². The van der Waals surface area contributed by atoms with E-state index < -0.39 is 0 Å². The number of anilines is 1. The molecule has 2 rings (SSSR count). The summed E-state index contributed by atoms with van der Waals surface area (Å²) in [7, 11) is 0. The van der Waals surface area contributed by atoms with Crippen LogP contribution < -0.4 is 5.32 Å². The van der Waals surface area contributed by atoms with Crippen molar-refractivity contribution in [1.29, 1.82) is 0 Å². The van der Waals surface area contributed by atoms with Crippen molar-refractivity contribution >= 4 is 27.3 Å². The van der Waals surface area contributed by atoms with E-state index in [9.17, 15) is 10.1 Å². The molecule has 1 N–H and O–H groups in total. The van der Waals surface area contributed by atoms with E-state index in [1.165, 1.54) is 31.7 Å². The smallest absolute Gasteiger partial charge is 0.270 e. The lowest BCUT2D eigenvalue weighted by atomic mass is 9.89. The number of non-ortho nitro benzene ring substituents is 1. The molecule has 0 radical (unpaired) electrons. The largest absolute Gasteiger partial charge is 0.384 e. The van der Waals surface area contributed by atoms with Crippen LogP contribution in [0.25, 0.3) is 0 Å². The molecule has 1 fully saturated rings. The topological polar surface area (TPSA) is 55.2 Å². The van der Waals surface area contributed by atoms with Crippen molar-refractivity contribution in [2.24, 2.45) is 5.41 Å². The van der Waals surface area contributed by atoms with Gasteiger partial charge >= 0.3 is 0 Å². The summed E-state index contributed by atoms with van der Waals surface area (Å²) in [5, 5.41) is 14.0. The summed E-state index contributed by atoms with van der Waals surface area (Å²) < 4.78 is 0.748. The monoisotopic (exact) mass is 312 g/mol. The van der Waals surface area contributed by atoms with Gasteiger partial charge in [0, 0.05) is 28.8 Å². The zero-order valence-electron chi connectivity index (χ0n) is 10.4. The first-order chi connectivity index (χ1) is 8.50. The third kappa shape index (κ3) is 3.02. The number of nitro groups is 1. The summed E-state index contributed by atoms with van der Waals surface area (Å²) in [4.78, 5) is 10.3. The third-order valence-electron chi connectivity index (χ3n) is 3.68. The molecule has 0 unspecified atom stereocenters. The van der Waals surface area contributed by atoms with Gasteiger partial charge in [0.2, 0.25) is 0 Å². The highest BCUT2D eigenvalue weighted by atomic mass is 79.9. The van der Waals surface area contributed by atoms with Gasteiger partial charge in [-0.2, -0.15) is 0 Å².